The average molecular weight is 448 g/mol. The van der Waals surface area contributed by atoms with Crippen LogP contribution in [0.25, 0.3) is 0 Å². The topological polar surface area (TPSA) is 86.9 Å². The molecular weight excluding hydrogens is 414 g/mol. The van der Waals surface area contributed by atoms with Crippen molar-refractivity contribution in [2.45, 2.75) is 69.1 Å². The SMILES string of the molecule is CC[C@@]1(CC(N)=O)C(=O)N(C2CCN([C@H]3c4ccccc4CC[C@@H]3O)CC2)c2ccccc21. The Bertz CT molecular complexity index is 1060. The van der Waals surface area contributed by atoms with Gasteiger partial charge in [-0.2, -0.15) is 0 Å². The standard InChI is InChI=1S/C27H33N3O3/c1-2-27(17-24(28)32)21-9-5-6-10-22(21)30(26(27)33)19-13-15-29(16-14-19)25-20-8-4-3-7-18(20)11-12-23(25)31/h3-10,19,23,25,31H,2,11-17H2,1H3,(H2,28,32)/t23-,25-,27-/m0/s1. The molecule has 2 aromatic rings. The molecule has 0 spiro atoms. The van der Waals surface area contributed by atoms with Crippen LogP contribution in [0.1, 0.15) is 61.8 Å². The normalized spacial score (nSPS) is 27.9. The average Bonchev–Trinajstić information content (AvgIpc) is 3.07. The Kier molecular flexibility index (Phi) is 5.75. The third-order valence-electron chi connectivity index (χ3n) is 8.09. The first-order chi connectivity index (χ1) is 16.0. The summed E-state index contributed by atoms with van der Waals surface area (Å²) in [6.45, 7) is 3.61. The van der Waals surface area contributed by atoms with Crippen molar-refractivity contribution in [2.75, 3.05) is 18.0 Å². The van der Waals surface area contributed by atoms with Crippen molar-refractivity contribution < 1.29 is 14.7 Å². The van der Waals surface area contributed by atoms with Gasteiger partial charge in [-0.3, -0.25) is 14.5 Å². The van der Waals surface area contributed by atoms with Gasteiger partial charge in [-0.15, -0.1) is 0 Å². The van der Waals surface area contributed by atoms with Crippen molar-refractivity contribution in [1.82, 2.24) is 4.90 Å². The Morgan fingerprint density at radius 1 is 1.09 bits per heavy atom. The number of aryl methyl sites for hydroxylation is 1. The lowest BCUT2D eigenvalue weighted by molar-refractivity contribution is -0.129. The largest absolute Gasteiger partial charge is 0.391 e. The number of amides is 2. The van der Waals surface area contributed by atoms with Crippen LogP contribution >= 0.6 is 0 Å². The molecule has 2 aliphatic heterocycles. The van der Waals surface area contributed by atoms with Gasteiger partial charge in [0.25, 0.3) is 0 Å². The van der Waals surface area contributed by atoms with E-state index in [1.165, 1.54) is 11.1 Å². The lowest BCUT2D eigenvalue weighted by Crippen LogP contribution is -2.52. The molecule has 2 amide bonds. The highest BCUT2D eigenvalue weighted by atomic mass is 16.3. The van der Waals surface area contributed by atoms with E-state index in [1.54, 1.807) is 0 Å². The minimum atomic E-state index is -0.863. The molecule has 0 aromatic heterocycles. The summed E-state index contributed by atoms with van der Waals surface area (Å²) < 4.78 is 0. The summed E-state index contributed by atoms with van der Waals surface area (Å²) in [5, 5.41) is 10.9. The molecule has 33 heavy (non-hydrogen) atoms. The number of piperidine rings is 1. The second-order valence-corrected chi connectivity index (χ2v) is 9.79. The van der Waals surface area contributed by atoms with Crippen molar-refractivity contribution in [3.8, 4) is 0 Å². The van der Waals surface area contributed by atoms with Crippen LogP contribution in [-0.4, -0.2) is 47.1 Å². The first-order valence-electron chi connectivity index (χ1n) is 12.2. The molecule has 2 heterocycles. The van der Waals surface area contributed by atoms with Gasteiger partial charge >= 0.3 is 0 Å². The van der Waals surface area contributed by atoms with E-state index in [-0.39, 0.29) is 30.5 Å². The van der Waals surface area contributed by atoms with E-state index in [0.717, 1.165) is 50.0 Å². The number of benzene rings is 2. The highest BCUT2D eigenvalue weighted by molar-refractivity contribution is 6.10. The number of nitrogens with two attached hydrogens (primary N) is 1. The maximum absolute atomic E-state index is 13.8. The predicted octanol–water partition coefficient (Wildman–Crippen LogP) is 3.07. The molecule has 0 radical (unpaired) electrons. The summed E-state index contributed by atoms with van der Waals surface area (Å²) in [6, 6.07) is 16.4. The fourth-order valence-electron chi connectivity index (χ4n) is 6.42. The first kappa shape index (κ1) is 22.1. The van der Waals surface area contributed by atoms with Crippen LogP contribution in [0.2, 0.25) is 0 Å². The number of fused-ring (bicyclic) bond motifs is 2. The highest BCUT2D eigenvalue weighted by Crippen LogP contribution is 2.48. The van der Waals surface area contributed by atoms with Gasteiger partial charge in [-0.25, -0.2) is 0 Å². The van der Waals surface area contributed by atoms with Gasteiger partial charge in [-0.1, -0.05) is 49.4 Å². The molecule has 2 aromatic carbocycles. The number of likely N-dealkylation sites (tertiary alicyclic amines) is 1. The summed E-state index contributed by atoms with van der Waals surface area (Å²) >= 11 is 0. The minimum Gasteiger partial charge on any atom is -0.391 e. The number of nitrogens with zero attached hydrogens (tertiary/aromatic N) is 2. The van der Waals surface area contributed by atoms with Crippen LogP contribution in [-0.2, 0) is 21.4 Å². The van der Waals surface area contributed by atoms with Crippen LogP contribution in [0.15, 0.2) is 48.5 Å². The quantitative estimate of drug-likeness (QED) is 0.738. The molecule has 1 aliphatic carbocycles. The molecule has 0 bridgehead atoms. The van der Waals surface area contributed by atoms with E-state index in [0.29, 0.717) is 6.42 Å². The predicted molar refractivity (Wildman–Crippen MR) is 128 cm³/mol. The van der Waals surface area contributed by atoms with Crippen LogP contribution in [0.5, 0.6) is 0 Å². The van der Waals surface area contributed by atoms with Crippen LogP contribution < -0.4 is 10.6 Å². The van der Waals surface area contributed by atoms with Crippen LogP contribution in [0.3, 0.4) is 0 Å². The Morgan fingerprint density at radius 2 is 1.79 bits per heavy atom. The third-order valence-corrected chi connectivity index (χ3v) is 8.09. The number of aliphatic hydroxyl groups excluding tert-OH is 1. The molecule has 1 saturated heterocycles. The second-order valence-electron chi connectivity index (χ2n) is 9.79. The number of para-hydroxylation sites is 1. The van der Waals surface area contributed by atoms with Crippen molar-refractivity contribution in [2.24, 2.45) is 5.73 Å². The zero-order valence-corrected chi connectivity index (χ0v) is 19.2. The van der Waals surface area contributed by atoms with Gasteiger partial charge < -0.3 is 15.7 Å². The molecule has 6 heteroatoms. The molecule has 0 saturated carbocycles. The molecule has 174 valence electrons. The summed E-state index contributed by atoms with van der Waals surface area (Å²) in [5.41, 5.74) is 9.15. The number of primary amides is 1. The molecular formula is C27H33N3O3. The Hall–Kier alpha value is -2.70. The maximum Gasteiger partial charge on any atom is 0.238 e. The number of carbonyl (C=O) groups excluding carboxylic acids is 2. The molecule has 3 N–H and O–H groups in total. The van der Waals surface area contributed by atoms with Gasteiger partial charge in [0.15, 0.2) is 0 Å². The second kappa shape index (κ2) is 8.58. The van der Waals surface area contributed by atoms with E-state index in [4.69, 9.17) is 5.73 Å². The van der Waals surface area contributed by atoms with Crippen molar-refractivity contribution in [1.29, 1.82) is 0 Å². The monoisotopic (exact) mass is 447 g/mol. The highest BCUT2D eigenvalue weighted by Gasteiger charge is 2.52. The van der Waals surface area contributed by atoms with E-state index in [1.807, 2.05) is 36.1 Å². The molecule has 5 rings (SSSR count). The Balaban J connectivity index is 1.39. The number of hydrogen-bond acceptors (Lipinski definition) is 4. The zero-order chi connectivity index (χ0) is 23.2. The smallest absolute Gasteiger partial charge is 0.238 e. The zero-order valence-electron chi connectivity index (χ0n) is 19.2. The molecule has 0 unspecified atom stereocenters. The lowest BCUT2D eigenvalue weighted by atomic mass is 9.76. The van der Waals surface area contributed by atoms with Gasteiger partial charge in [0, 0.05) is 31.2 Å². The number of hydrogen-bond donors (Lipinski definition) is 2. The maximum atomic E-state index is 13.8. The van der Waals surface area contributed by atoms with Crippen molar-refractivity contribution in [3.63, 3.8) is 0 Å². The molecule has 6 nitrogen and oxygen atoms in total. The van der Waals surface area contributed by atoms with Crippen LogP contribution in [0, 0.1) is 0 Å². The summed E-state index contributed by atoms with van der Waals surface area (Å²) in [5.74, 6) is -0.437. The molecule has 1 fully saturated rings. The Labute approximate surface area is 195 Å². The number of rotatable bonds is 5. The first-order valence-corrected chi connectivity index (χ1v) is 12.2. The number of carbonyl (C=O) groups is 2. The van der Waals surface area contributed by atoms with Gasteiger partial charge in [0.05, 0.1) is 17.6 Å². The lowest BCUT2D eigenvalue weighted by Gasteiger charge is -2.44. The fourth-order valence-corrected chi connectivity index (χ4v) is 6.42. The van der Waals surface area contributed by atoms with Crippen LogP contribution in [0.4, 0.5) is 5.69 Å². The third kappa shape index (κ3) is 3.56. The summed E-state index contributed by atoms with van der Waals surface area (Å²) in [7, 11) is 0. The van der Waals surface area contributed by atoms with Gasteiger partial charge in [0.1, 0.15) is 0 Å². The Morgan fingerprint density at radius 3 is 2.52 bits per heavy atom. The van der Waals surface area contributed by atoms with E-state index in [9.17, 15) is 14.7 Å². The van der Waals surface area contributed by atoms with E-state index < -0.39 is 11.3 Å². The minimum absolute atomic E-state index is 0.00602. The molecule has 3 aliphatic rings. The molecule has 3 atom stereocenters. The van der Waals surface area contributed by atoms with E-state index in [2.05, 4.69) is 29.2 Å². The van der Waals surface area contributed by atoms with Gasteiger partial charge in [0.2, 0.25) is 11.8 Å². The number of aliphatic hydroxyl groups is 1. The van der Waals surface area contributed by atoms with Gasteiger partial charge in [-0.05, 0) is 54.9 Å². The van der Waals surface area contributed by atoms with Crippen molar-refractivity contribution >= 4 is 17.5 Å². The summed E-state index contributed by atoms with van der Waals surface area (Å²) in [6.07, 6.45) is 3.60. The van der Waals surface area contributed by atoms with Crippen molar-refractivity contribution in [3.05, 3.63) is 65.2 Å². The van der Waals surface area contributed by atoms with E-state index >= 15 is 0 Å². The fraction of sp³-hybridized carbons (Fsp3) is 0.481. The summed E-state index contributed by atoms with van der Waals surface area (Å²) in [4.78, 5) is 30.1. The number of anilines is 1.